The van der Waals surface area contributed by atoms with Crippen LogP contribution in [0, 0.1) is 11.8 Å². The average molecular weight is 474 g/mol. The van der Waals surface area contributed by atoms with Crippen LogP contribution < -0.4 is 27.4 Å². The maximum Gasteiger partial charge on any atom is 0.326 e. The minimum absolute atomic E-state index is 0.00780. The second-order valence-corrected chi connectivity index (χ2v) is 8.53. The highest BCUT2D eigenvalue weighted by atomic mass is 16.4. The summed E-state index contributed by atoms with van der Waals surface area (Å²) in [6.07, 6.45) is -0.817. The van der Waals surface area contributed by atoms with Gasteiger partial charge in [-0.2, -0.15) is 0 Å². The van der Waals surface area contributed by atoms with Gasteiger partial charge in [0.25, 0.3) is 0 Å². The first kappa shape index (κ1) is 29.8. The Balaban J connectivity index is 5.42. The topological polar surface area (TPSA) is 231 Å². The molecule has 9 N–H and O–H groups in total. The van der Waals surface area contributed by atoms with Crippen molar-refractivity contribution in [3.8, 4) is 0 Å². The molecule has 0 aliphatic heterocycles. The van der Waals surface area contributed by atoms with Gasteiger partial charge in [0, 0.05) is 6.42 Å². The summed E-state index contributed by atoms with van der Waals surface area (Å²) in [5.41, 5.74) is 10.8. The molecule has 0 radical (unpaired) electrons. The molecular formula is C20H35N5O8. The Morgan fingerprint density at radius 3 is 1.79 bits per heavy atom. The normalized spacial score (nSPS) is 14.6. The van der Waals surface area contributed by atoms with E-state index in [0.717, 1.165) is 0 Å². The molecule has 13 heteroatoms. The third-order valence-corrected chi connectivity index (χ3v) is 4.62. The molecule has 4 unspecified atom stereocenters. The van der Waals surface area contributed by atoms with E-state index >= 15 is 0 Å². The molecule has 0 rings (SSSR count). The summed E-state index contributed by atoms with van der Waals surface area (Å²) in [6, 6.07) is -5.00. The molecule has 4 amide bonds. The van der Waals surface area contributed by atoms with E-state index in [2.05, 4.69) is 16.0 Å². The average Bonchev–Trinajstić information content (AvgIpc) is 2.67. The van der Waals surface area contributed by atoms with Crippen molar-refractivity contribution in [2.45, 2.75) is 77.5 Å². The minimum Gasteiger partial charge on any atom is -0.481 e. The molecule has 0 heterocycles. The summed E-state index contributed by atoms with van der Waals surface area (Å²) in [5.74, 6) is -6.30. The lowest BCUT2D eigenvalue weighted by Crippen LogP contribution is -2.58. The van der Waals surface area contributed by atoms with Gasteiger partial charge in [-0.05, 0) is 24.7 Å². The third kappa shape index (κ3) is 11.8. The van der Waals surface area contributed by atoms with Gasteiger partial charge in [0.05, 0.1) is 12.5 Å². The molecule has 33 heavy (non-hydrogen) atoms. The van der Waals surface area contributed by atoms with Gasteiger partial charge in [-0.1, -0.05) is 27.7 Å². The number of hydrogen-bond acceptors (Lipinski definition) is 7. The molecule has 0 saturated carbocycles. The summed E-state index contributed by atoms with van der Waals surface area (Å²) >= 11 is 0. The van der Waals surface area contributed by atoms with Gasteiger partial charge in [0.15, 0.2) is 0 Å². The molecule has 0 aromatic carbocycles. The molecule has 0 spiro atoms. The predicted octanol–water partition coefficient (Wildman–Crippen LogP) is -1.70. The Bertz CT molecular complexity index is 740. The van der Waals surface area contributed by atoms with Crippen molar-refractivity contribution in [2.24, 2.45) is 23.3 Å². The Labute approximate surface area is 192 Å². The van der Waals surface area contributed by atoms with E-state index in [0.29, 0.717) is 0 Å². The molecule has 0 aromatic heterocycles. The highest BCUT2D eigenvalue weighted by Crippen LogP contribution is 2.09. The zero-order chi connectivity index (χ0) is 25.9. The molecule has 188 valence electrons. The zero-order valence-electron chi connectivity index (χ0n) is 19.3. The fourth-order valence-electron chi connectivity index (χ4n) is 2.84. The molecule has 0 saturated heterocycles. The number of carbonyl (C=O) groups excluding carboxylic acids is 4. The molecule has 0 aliphatic rings. The number of aliphatic carboxylic acids is 2. The highest BCUT2D eigenvalue weighted by Gasteiger charge is 2.32. The molecule has 4 atom stereocenters. The van der Waals surface area contributed by atoms with Crippen LogP contribution in [-0.2, 0) is 28.8 Å². The van der Waals surface area contributed by atoms with Crippen molar-refractivity contribution in [1.82, 2.24) is 16.0 Å². The number of carbonyl (C=O) groups is 6. The summed E-state index contributed by atoms with van der Waals surface area (Å²) in [6.45, 7) is 6.87. The first-order chi connectivity index (χ1) is 15.1. The van der Waals surface area contributed by atoms with Crippen molar-refractivity contribution in [1.29, 1.82) is 0 Å². The van der Waals surface area contributed by atoms with Crippen molar-refractivity contribution in [3.63, 3.8) is 0 Å². The van der Waals surface area contributed by atoms with Crippen LogP contribution in [0.25, 0.3) is 0 Å². The number of carboxylic acids is 2. The van der Waals surface area contributed by atoms with Crippen molar-refractivity contribution < 1.29 is 39.0 Å². The van der Waals surface area contributed by atoms with Crippen molar-refractivity contribution in [2.75, 3.05) is 0 Å². The summed E-state index contributed by atoms with van der Waals surface area (Å²) in [4.78, 5) is 70.9. The van der Waals surface area contributed by atoms with Crippen LogP contribution in [-0.4, -0.2) is 69.9 Å². The number of primary amides is 1. The lowest BCUT2D eigenvalue weighted by Gasteiger charge is -2.27. The molecular weight excluding hydrogens is 438 g/mol. The number of rotatable bonds is 15. The van der Waals surface area contributed by atoms with E-state index < -0.39 is 72.1 Å². The van der Waals surface area contributed by atoms with Gasteiger partial charge >= 0.3 is 11.9 Å². The smallest absolute Gasteiger partial charge is 0.326 e. The molecule has 0 bridgehead atoms. The molecule has 0 aromatic rings. The number of carboxylic acid groups (broad SMARTS) is 2. The van der Waals surface area contributed by atoms with Crippen LogP contribution in [0.5, 0.6) is 0 Å². The Kier molecular flexibility index (Phi) is 12.7. The molecule has 13 nitrogen and oxygen atoms in total. The summed E-state index contributed by atoms with van der Waals surface area (Å²) in [7, 11) is 0. The highest BCUT2D eigenvalue weighted by molar-refractivity contribution is 5.94. The first-order valence-corrected chi connectivity index (χ1v) is 10.5. The van der Waals surface area contributed by atoms with Gasteiger partial charge in [-0.15, -0.1) is 0 Å². The third-order valence-electron chi connectivity index (χ3n) is 4.62. The van der Waals surface area contributed by atoms with Gasteiger partial charge in [0.2, 0.25) is 23.6 Å². The van der Waals surface area contributed by atoms with Crippen LogP contribution in [0.1, 0.15) is 53.4 Å². The summed E-state index contributed by atoms with van der Waals surface area (Å²) < 4.78 is 0. The van der Waals surface area contributed by atoms with Gasteiger partial charge in [0.1, 0.15) is 18.1 Å². The monoisotopic (exact) mass is 473 g/mol. The number of amides is 4. The van der Waals surface area contributed by atoms with Crippen LogP contribution in [0.15, 0.2) is 0 Å². The maximum absolute atomic E-state index is 12.9. The van der Waals surface area contributed by atoms with Crippen LogP contribution >= 0.6 is 0 Å². The Morgan fingerprint density at radius 1 is 0.818 bits per heavy atom. The Morgan fingerprint density at radius 2 is 1.36 bits per heavy atom. The fourth-order valence-corrected chi connectivity index (χ4v) is 2.84. The Hall–Kier alpha value is -3.22. The lowest BCUT2D eigenvalue weighted by molar-refractivity contribution is -0.147. The van der Waals surface area contributed by atoms with E-state index in [4.69, 9.17) is 21.7 Å². The van der Waals surface area contributed by atoms with Gasteiger partial charge in [-0.25, -0.2) is 4.79 Å². The van der Waals surface area contributed by atoms with Gasteiger partial charge in [-0.3, -0.25) is 24.0 Å². The quantitative estimate of drug-likeness (QED) is 0.143. The number of nitrogens with two attached hydrogens (primary N) is 2. The fraction of sp³-hybridized carbons (Fsp3) is 0.700. The van der Waals surface area contributed by atoms with Crippen molar-refractivity contribution >= 4 is 35.6 Å². The SMILES string of the molecule is CC(C)CC(NC(=O)C(NC(=O)C(N)CCC(N)=O)C(C)C)C(=O)NC(CC(=O)O)C(=O)O. The standard InChI is InChI=1S/C20H35N5O8/c1-9(2)7-12(18(30)24-13(20(32)33)8-15(27)28)23-19(31)16(10(3)4)25-17(29)11(21)5-6-14(22)26/h9-13,16H,5-8,21H2,1-4H3,(H2,22,26)(H,23,31)(H,24,30)(H,25,29)(H,27,28)(H,32,33). The van der Waals surface area contributed by atoms with Crippen LogP contribution in [0.4, 0.5) is 0 Å². The predicted molar refractivity (Wildman–Crippen MR) is 116 cm³/mol. The zero-order valence-corrected chi connectivity index (χ0v) is 19.3. The van der Waals surface area contributed by atoms with E-state index in [1.54, 1.807) is 27.7 Å². The number of hydrogen-bond donors (Lipinski definition) is 7. The van der Waals surface area contributed by atoms with Crippen molar-refractivity contribution in [3.05, 3.63) is 0 Å². The molecule has 0 aliphatic carbocycles. The van der Waals surface area contributed by atoms with Crippen LogP contribution in [0.2, 0.25) is 0 Å². The number of nitrogens with one attached hydrogen (secondary N) is 3. The van der Waals surface area contributed by atoms with Crippen LogP contribution in [0.3, 0.4) is 0 Å². The van der Waals surface area contributed by atoms with Gasteiger partial charge < -0.3 is 37.6 Å². The van der Waals surface area contributed by atoms with E-state index in [1.807, 2.05) is 0 Å². The second-order valence-electron chi connectivity index (χ2n) is 8.53. The van der Waals surface area contributed by atoms with E-state index in [9.17, 15) is 28.8 Å². The lowest BCUT2D eigenvalue weighted by atomic mass is 9.99. The van der Waals surface area contributed by atoms with E-state index in [1.165, 1.54) is 0 Å². The largest absolute Gasteiger partial charge is 0.481 e. The summed E-state index contributed by atoms with van der Waals surface area (Å²) in [5, 5.41) is 25.1. The second kappa shape index (κ2) is 14.0. The first-order valence-electron chi connectivity index (χ1n) is 10.5. The minimum atomic E-state index is -1.68. The maximum atomic E-state index is 12.9. The molecule has 0 fully saturated rings. The van der Waals surface area contributed by atoms with E-state index in [-0.39, 0.29) is 25.2 Å².